The Labute approximate surface area is 123 Å². The molecule has 0 atom stereocenters. The molecule has 7 heteroatoms. The van der Waals surface area contributed by atoms with Gasteiger partial charge in [-0.3, -0.25) is 4.79 Å². The second-order valence-corrected chi connectivity index (χ2v) is 3.95. The highest BCUT2D eigenvalue weighted by molar-refractivity contribution is 5.92. The number of carbonyl (C=O) groups is 1. The predicted octanol–water partition coefficient (Wildman–Crippen LogP) is 2.69. The average Bonchev–Trinajstić information content (AvgIpc) is 2.38. The highest BCUT2D eigenvalue weighted by atomic mass is 35.5. The van der Waals surface area contributed by atoms with Gasteiger partial charge in [0, 0.05) is 6.42 Å². The van der Waals surface area contributed by atoms with Crippen molar-refractivity contribution in [3.8, 4) is 5.75 Å². The van der Waals surface area contributed by atoms with Gasteiger partial charge in [0.25, 0.3) is 6.43 Å². The summed E-state index contributed by atoms with van der Waals surface area (Å²) in [5, 5.41) is 5.60. The van der Waals surface area contributed by atoms with Crippen LogP contribution in [0.3, 0.4) is 0 Å². The maximum Gasteiger partial charge on any atom is 0.272 e. The van der Waals surface area contributed by atoms with Crippen LogP contribution in [0, 0.1) is 0 Å². The van der Waals surface area contributed by atoms with E-state index in [1.807, 2.05) is 7.05 Å². The van der Waals surface area contributed by atoms with Crippen LogP contribution in [0.15, 0.2) is 24.3 Å². The lowest BCUT2D eigenvalue weighted by atomic mass is 10.2. The first kappa shape index (κ1) is 18.6. The number of para-hydroxylation sites is 2. The Bertz CT molecular complexity index is 406. The summed E-state index contributed by atoms with van der Waals surface area (Å²) in [5.41, 5.74) is 0.414. The first-order valence-corrected chi connectivity index (χ1v) is 6.08. The smallest absolute Gasteiger partial charge is 0.272 e. The molecule has 0 aromatic heterocycles. The van der Waals surface area contributed by atoms with E-state index >= 15 is 0 Å². The number of halogens is 3. The zero-order valence-corrected chi connectivity index (χ0v) is 12.0. The van der Waals surface area contributed by atoms with Crippen LogP contribution >= 0.6 is 12.4 Å². The van der Waals surface area contributed by atoms with Crippen molar-refractivity contribution < 1.29 is 18.3 Å². The van der Waals surface area contributed by atoms with Gasteiger partial charge in [-0.2, -0.15) is 0 Å². The molecular formula is C13H19ClF2N2O2. The first-order valence-electron chi connectivity index (χ1n) is 6.08. The van der Waals surface area contributed by atoms with Crippen LogP contribution in [0.1, 0.15) is 12.8 Å². The molecule has 0 saturated heterocycles. The SMILES string of the molecule is CNCCCC(=O)Nc1ccccc1OCC(F)F.Cl. The van der Waals surface area contributed by atoms with Crippen LogP contribution in [-0.4, -0.2) is 32.5 Å². The summed E-state index contributed by atoms with van der Waals surface area (Å²) < 4.78 is 29.1. The number of hydrogen-bond acceptors (Lipinski definition) is 3. The minimum absolute atomic E-state index is 0. The number of nitrogens with one attached hydrogen (secondary N) is 2. The van der Waals surface area contributed by atoms with Gasteiger partial charge in [0.15, 0.2) is 0 Å². The quantitative estimate of drug-likeness (QED) is 0.726. The average molecular weight is 309 g/mol. The second kappa shape index (κ2) is 10.4. The lowest BCUT2D eigenvalue weighted by Crippen LogP contribution is -2.16. The fraction of sp³-hybridized carbons (Fsp3) is 0.462. The molecule has 1 aromatic carbocycles. The van der Waals surface area contributed by atoms with Crippen molar-refractivity contribution in [2.75, 3.05) is 25.5 Å². The largest absolute Gasteiger partial charge is 0.485 e. The third-order valence-corrected chi connectivity index (χ3v) is 2.36. The Kier molecular flexibility index (Phi) is 9.67. The summed E-state index contributed by atoms with van der Waals surface area (Å²) in [7, 11) is 1.81. The summed E-state index contributed by atoms with van der Waals surface area (Å²) in [5.74, 6) is 0.0908. The van der Waals surface area contributed by atoms with E-state index < -0.39 is 13.0 Å². The number of carbonyl (C=O) groups excluding carboxylic acids is 1. The lowest BCUT2D eigenvalue weighted by molar-refractivity contribution is -0.116. The van der Waals surface area contributed by atoms with Gasteiger partial charge in [0.1, 0.15) is 12.4 Å². The van der Waals surface area contributed by atoms with Crippen molar-refractivity contribution in [3.63, 3.8) is 0 Å². The first-order chi connectivity index (χ1) is 9.13. The standard InChI is InChI=1S/C13H18F2N2O2.ClH/c1-16-8-4-7-13(18)17-10-5-2-3-6-11(10)19-9-12(14)15;/h2-3,5-6,12,16H,4,7-9H2,1H3,(H,17,18);1H. The zero-order chi connectivity index (χ0) is 14.1. The summed E-state index contributed by atoms with van der Waals surface area (Å²) >= 11 is 0. The maximum absolute atomic E-state index is 12.1. The maximum atomic E-state index is 12.1. The highest BCUT2D eigenvalue weighted by Crippen LogP contribution is 2.24. The van der Waals surface area contributed by atoms with E-state index in [9.17, 15) is 13.6 Å². The van der Waals surface area contributed by atoms with Crippen LogP contribution in [0.4, 0.5) is 14.5 Å². The van der Waals surface area contributed by atoms with E-state index in [2.05, 4.69) is 10.6 Å². The molecule has 1 rings (SSSR count). The second-order valence-electron chi connectivity index (χ2n) is 3.95. The molecule has 0 unspecified atom stereocenters. The summed E-state index contributed by atoms with van der Waals surface area (Å²) in [6.45, 7) is 0.0591. The van der Waals surface area contributed by atoms with Crippen LogP contribution in [0.2, 0.25) is 0 Å². The number of benzene rings is 1. The molecule has 0 fully saturated rings. The van der Waals surface area contributed by atoms with Crippen LogP contribution in [-0.2, 0) is 4.79 Å². The van der Waals surface area contributed by atoms with Gasteiger partial charge in [-0.05, 0) is 32.1 Å². The van der Waals surface area contributed by atoms with E-state index in [0.717, 1.165) is 6.54 Å². The molecule has 114 valence electrons. The molecule has 0 heterocycles. The van der Waals surface area contributed by atoms with Gasteiger partial charge in [-0.25, -0.2) is 8.78 Å². The van der Waals surface area contributed by atoms with Gasteiger partial charge < -0.3 is 15.4 Å². The monoisotopic (exact) mass is 308 g/mol. The number of alkyl halides is 2. The van der Waals surface area contributed by atoms with Gasteiger partial charge >= 0.3 is 0 Å². The van der Waals surface area contributed by atoms with E-state index in [0.29, 0.717) is 18.5 Å². The van der Waals surface area contributed by atoms with E-state index in [-0.39, 0.29) is 24.1 Å². The number of amides is 1. The summed E-state index contributed by atoms with van der Waals surface area (Å²) in [6, 6.07) is 6.54. The minimum Gasteiger partial charge on any atom is -0.485 e. The molecule has 1 aromatic rings. The molecule has 1 amide bonds. The Balaban J connectivity index is 0.00000361. The van der Waals surface area contributed by atoms with Crippen molar-refractivity contribution in [2.24, 2.45) is 0 Å². The number of ether oxygens (including phenoxy) is 1. The molecule has 20 heavy (non-hydrogen) atoms. The minimum atomic E-state index is -2.54. The fourth-order valence-electron chi connectivity index (χ4n) is 1.49. The van der Waals surface area contributed by atoms with Crippen LogP contribution in [0.5, 0.6) is 5.75 Å². The Morgan fingerprint density at radius 2 is 2.05 bits per heavy atom. The molecular weight excluding hydrogens is 290 g/mol. The van der Waals surface area contributed by atoms with Crippen molar-refractivity contribution in [1.82, 2.24) is 5.32 Å². The van der Waals surface area contributed by atoms with Gasteiger partial charge in [-0.1, -0.05) is 12.1 Å². The molecule has 2 N–H and O–H groups in total. The van der Waals surface area contributed by atoms with Gasteiger partial charge in [0.2, 0.25) is 5.91 Å². The predicted molar refractivity (Wildman–Crippen MR) is 77.0 cm³/mol. The molecule has 0 aliphatic heterocycles. The van der Waals surface area contributed by atoms with Crippen LogP contribution in [0.25, 0.3) is 0 Å². The zero-order valence-electron chi connectivity index (χ0n) is 11.2. The molecule has 0 radical (unpaired) electrons. The molecule has 0 aliphatic rings. The molecule has 0 saturated carbocycles. The van der Waals surface area contributed by atoms with Crippen molar-refractivity contribution >= 4 is 24.0 Å². The Hall–Kier alpha value is -1.40. The van der Waals surface area contributed by atoms with E-state index in [1.165, 1.54) is 0 Å². The number of anilines is 1. The lowest BCUT2D eigenvalue weighted by Gasteiger charge is -2.12. The normalized spacial score (nSPS) is 10.0. The highest BCUT2D eigenvalue weighted by Gasteiger charge is 2.09. The fourth-order valence-corrected chi connectivity index (χ4v) is 1.49. The molecule has 0 bridgehead atoms. The Morgan fingerprint density at radius 1 is 1.35 bits per heavy atom. The molecule has 4 nitrogen and oxygen atoms in total. The van der Waals surface area contributed by atoms with Crippen molar-refractivity contribution in [1.29, 1.82) is 0 Å². The third-order valence-electron chi connectivity index (χ3n) is 2.36. The summed E-state index contributed by atoms with van der Waals surface area (Å²) in [4.78, 5) is 11.6. The topological polar surface area (TPSA) is 50.4 Å². The number of hydrogen-bond donors (Lipinski definition) is 2. The van der Waals surface area contributed by atoms with Crippen molar-refractivity contribution in [3.05, 3.63) is 24.3 Å². The van der Waals surface area contributed by atoms with Crippen LogP contribution < -0.4 is 15.4 Å². The van der Waals surface area contributed by atoms with Crippen molar-refractivity contribution in [2.45, 2.75) is 19.3 Å². The number of rotatable bonds is 8. The van der Waals surface area contributed by atoms with E-state index in [4.69, 9.17) is 4.74 Å². The van der Waals surface area contributed by atoms with Gasteiger partial charge in [-0.15, -0.1) is 12.4 Å². The van der Waals surface area contributed by atoms with E-state index in [1.54, 1.807) is 24.3 Å². The Morgan fingerprint density at radius 3 is 2.70 bits per heavy atom. The third kappa shape index (κ3) is 7.25. The summed E-state index contributed by atoms with van der Waals surface area (Å²) in [6.07, 6.45) is -1.47. The van der Waals surface area contributed by atoms with Gasteiger partial charge in [0.05, 0.1) is 5.69 Å². The molecule has 0 aliphatic carbocycles. The molecule has 0 spiro atoms.